The van der Waals surface area contributed by atoms with E-state index in [1.807, 2.05) is 0 Å². The second-order valence-electron chi connectivity index (χ2n) is 0.447. The number of hydrogen-bond acceptors (Lipinski definition) is 0. The first-order chi connectivity index (χ1) is 1.41. The van der Waals surface area contributed by atoms with E-state index >= 15 is 0 Å². The molecule has 0 bridgehead atoms. The van der Waals surface area contributed by atoms with Gasteiger partial charge in [-0.1, -0.05) is 0 Å². The van der Waals surface area contributed by atoms with Gasteiger partial charge < -0.3 is 12.7 Å². The van der Waals surface area contributed by atoms with Crippen molar-refractivity contribution in [3.05, 3.63) is 12.7 Å². The zero-order chi connectivity index (χ0) is 2.71. The summed E-state index contributed by atoms with van der Waals surface area (Å²) in [4.78, 5) is 0. The van der Waals surface area contributed by atoms with Crippen molar-refractivity contribution in [1.82, 2.24) is 0 Å². The summed E-state index contributed by atoms with van der Waals surface area (Å²) in [5.41, 5.74) is 0. The Morgan fingerprint density at radius 2 is 1.20 bits per heavy atom. The Bertz CT molecular complexity index is 6.85. The quantitative estimate of drug-likeness (QED) is 0.324. The van der Waals surface area contributed by atoms with E-state index in [-0.39, 0.29) is 29.1 Å². The molecule has 0 heterocycles. The maximum atomic E-state index is 3.50. The van der Waals surface area contributed by atoms with Crippen LogP contribution >= 0.6 is 0 Å². The zero-order valence-electron chi connectivity index (χ0n) is 3.95. The Labute approximate surface area is 49.0 Å². The third-order valence-electron chi connectivity index (χ3n) is 0. The van der Waals surface area contributed by atoms with Crippen LogP contribution in [0, 0.1) is 7.43 Å². The predicted octanol–water partition coefficient (Wildman–Crippen LogP) is 1.07. The van der Waals surface area contributed by atoms with E-state index in [2.05, 4.69) is 5.32 Å². The minimum atomic E-state index is 0. The molecule has 0 aromatic rings. The normalized spacial score (nSPS) is 3.60. The molecule has 0 N–H and O–H groups in total. The topological polar surface area (TPSA) is 14.1 Å². The molecule has 0 saturated heterocycles. The van der Waals surface area contributed by atoms with Crippen molar-refractivity contribution in [3.8, 4) is 0 Å². The van der Waals surface area contributed by atoms with E-state index in [4.69, 9.17) is 0 Å². The van der Waals surface area contributed by atoms with Crippen LogP contribution in [0.5, 0.6) is 0 Å². The molecule has 0 radical (unpaired) electrons. The molecule has 0 atom stereocenters. The SMILES string of the molecule is C[N-]C.[CH3-].[Ti+2]. The minimum absolute atomic E-state index is 0. The molecule has 0 aromatic carbocycles. The Morgan fingerprint density at radius 1 is 1.20 bits per heavy atom. The third-order valence-corrected chi connectivity index (χ3v) is 0. The first kappa shape index (κ1) is 17.3. The van der Waals surface area contributed by atoms with Crippen molar-refractivity contribution in [2.45, 2.75) is 0 Å². The van der Waals surface area contributed by atoms with Crippen LogP contribution in [0.15, 0.2) is 0 Å². The summed E-state index contributed by atoms with van der Waals surface area (Å²) in [6.07, 6.45) is 0. The second-order valence-corrected chi connectivity index (χ2v) is 0.447. The van der Waals surface area contributed by atoms with Gasteiger partial charge in [0.2, 0.25) is 0 Å². The third kappa shape index (κ3) is 73.5. The van der Waals surface area contributed by atoms with Gasteiger partial charge in [-0.3, -0.25) is 0 Å². The summed E-state index contributed by atoms with van der Waals surface area (Å²) in [5.74, 6) is 0. The molecule has 2 heteroatoms. The monoisotopic (exact) mass is 107 g/mol. The largest absolute Gasteiger partial charge is 2.00 e. The molecule has 0 amide bonds. The summed E-state index contributed by atoms with van der Waals surface area (Å²) in [7, 11) is 3.50. The fraction of sp³-hybridized carbons (Fsp3) is 0.667. The molecule has 30 valence electrons. The maximum Gasteiger partial charge on any atom is 2.00 e. The fourth-order valence-corrected chi connectivity index (χ4v) is 0. The molecule has 0 saturated carbocycles. The summed E-state index contributed by atoms with van der Waals surface area (Å²) >= 11 is 0. The molecule has 1 nitrogen and oxygen atoms in total. The van der Waals surface area contributed by atoms with Crippen LogP contribution in [0.3, 0.4) is 0 Å². The average molecular weight is 107 g/mol. The Morgan fingerprint density at radius 3 is 1.20 bits per heavy atom. The number of rotatable bonds is 0. The van der Waals surface area contributed by atoms with Crippen LogP contribution in [0.25, 0.3) is 5.32 Å². The van der Waals surface area contributed by atoms with E-state index < -0.39 is 0 Å². The zero-order valence-corrected chi connectivity index (χ0v) is 5.51. The summed E-state index contributed by atoms with van der Waals surface area (Å²) in [6, 6.07) is 0. The molecule has 5 heavy (non-hydrogen) atoms. The molecule has 0 aliphatic rings. The first-order valence-electron chi connectivity index (χ1n) is 0.894. The van der Waals surface area contributed by atoms with Crippen molar-refractivity contribution >= 4 is 0 Å². The van der Waals surface area contributed by atoms with E-state index in [0.29, 0.717) is 0 Å². The van der Waals surface area contributed by atoms with E-state index in [0.717, 1.165) is 0 Å². The van der Waals surface area contributed by atoms with Gasteiger partial charge >= 0.3 is 21.7 Å². The van der Waals surface area contributed by atoms with Crippen LogP contribution in [-0.4, -0.2) is 14.1 Å². The average Bonchev–Trinajstić information content (AvgIpc) is 0.918. The molecular formula is C3H9NTi. The molecule has 0 rings (SSSR count). The molecule has 0 aliphatic heterocycles. The van der Waals surface area contributed by atoms with Crippen LogP contribution in [0.2, 0.25) is 0 Å². The molecule has 0 aromatic heterocycles. The molecule has 0 aliphatic carbocycles. The van der Waals surface area contributed by atoms with Crippen LogP contribution < -0.4 is 0 Å². The Hall–Kier alpha value is 0.674. The first-order valence-corrected chi connectivity index (χ1v) is 0.894. The van der Waals surface area contributed by atoms with Gasteiger partial charge in [-0.15, -0.1) is 0 Å². The Balaban J connectivity index is -0.0000000200. The van der Waals surface area contributed by atoms with E-state index in [1.165, 1.54) is 0 Å². The molecule has 0 spiro atoms. The number of nitrogens with zero attached hydrogens (tertiary/aromatic N) is 1. The maximum absolute atomic E-state index is 3.50. The summed E-state index contributed by atoms with van der Waals surface area (Å²) in [5, 5.41) is 3.50. The van der Waals surface area contributed by atoms with Gasteiger partial charge in [0, 0.05) is 0 Å². The second kappa shape index (κ2) is 22.5. The van der Waals surface area contributed by atoms with E-state index in [1.54, 1.807) is 14.1 Å². The smallest absolute Gasteiger partial charge is 0.668 e. The van der Waals surface area contributed by atoms with Gasteiger partial charge in [0.1, 0.15) is 0 Å². The molecular weight excluding hydrogens is 97.9 g/mol. The van der Waals surface area contributed by atoms with Gasteiger partial charge in [-0.2, -0.15) is 14.1 Å². The molecule has 0 fully saturated rings. The van der Waals surface area contributed by atoms with Crippen molar-refractivity contribution in [2.75, 3.05) is 14.1 Å². The predicted molar refractivity (Wildman–Crippen MR) is 21.6 cm³/mol. The Kier molecular flexibility index (Phi) is 78.0. The number of hydrogen-bond donors (Lipinski definition) is 0. The minimum Gasteiger partial charge on any atom is -0.668 e. The summed E-state index contributed by atoms with van der Waals surface area (Å²) < 4.78 is 0. The van der Waals surface area contributed by atoms with Crippen LogP contribution in [-0.2, 0) is 21.7 Å². The van der Waals surface area contributed by atoms with Gasteiger partial charge in [-0.25, -0.2) is 0 Å². The van der Waals surface area contributed by atoms with Gasteiger partial charge in [0.25, 0.3) is 0 Å². The van der Waals surface area contributed by atoms with E-state index in [9.17, 15) is 0 Å². The van der Waals surface area contributed by atoms with Gasteiger partial charge in [0.05, 0.1) is 0 Å². The van der Waals surface area contributed by atoms with Gasteiger partial charge in [0.15, 0.2) is 0 Å². The van der Waals surface area contributed by atoms with Crippen molar-refractivity contribution in [3.63, 3.8) is 0 Å². The standard InChI is InChI=1S/C2H6N.CH3.Ti/c1-3-2;;/h1-2H3;1H3;/q2*-1;+2. The van der Waals surface area contributed by atoms with Crippen molar-refractivity contribution in [2.24, 2.45) is 0 Å². The summed E-state index contributed by atoms with van der Waals surface area (Å²) in [6.45, 7) is 0. The van der Waals surface area contributed by atoms with Crippen molar-refractivity contribution < 1.29 is 21.7 Å². The van der Waals surface area contributed by atoms with Gasteiger partial charge in [-0.05, 0) is 0 Å². The van der Waals surface area contributed by atoms with Crippen molar-refractivity contribution in [1.29, 1.82) is 0 Å². The molecule has 0 unspecified atom stereocenters. The fourth-order valence-electron chi connectivity index (χ4n) is 0. The van der Waals surface area contributed by atoms with Crippen LogP contribution in [0.1, 0.15) is 0 Å². The van der Waals surface area contributed by atoms with Crippen LogP contribution in [0.4, 0.5) is 0 Å².